The van der Waals surface area contributed by atoms with Crippen molar-refractivity contribution in [2.75, 3.05) is 13.2 Å². The predicted octanol–water partition coefficient (Wildman–Crippen LogP) is 0.775. The second-order valence-electron chi connectivity index (χ2n) is 2.96. The molecule has 1 rings (SSSR count). The Morgan fingerprint density at radius 3 is 2.20 bits per heavy atom. The molecule has 10 heavy (non-hydrogen) atoms. The van der Waals surface area contributed by atoms with Crippen molar-refractivity contribution in [1.29, 1.82) is 0 Å². The van der Waals surface area contributed by atoms with Crippen molar-refractivity contribution >= 4 is 12.4 Å². The zero-order valence-electron chi connectivity index (χ0n) is 6.12. The summed E-state index contributed by atoms with van der Waals surface area (Å²) in [7, 11) is 0. The van der Waals surface area contributed by atoms with E-state index >= 15 is 0 Å². The van der Waals surface area contributed by atoms with Crippen molar-refractivity contribution in [2.24, 2.45) is 17.6 Å². The third kappa shape index (κ3) is 2.45. The van der Waals surface area contributed by atoms with E-state index < -0.39 is 0 Å². The van der Waals surface area contributed by atoms with Crippen LogP contribution in [0.4, 0.5) is 0 Å². The maximum absolute atomic E-state index is 8.74. The van der Waals surface area contributed by atoms with E-state index in [2.05, 4.69) is 0 Å². The number of nitrogens with two attached hydrogens (primary N) is 1. The highest BCUT2D eigenvalue weighted by molar-refractivity contribution is 5.85. The number of halogens is 1. The molecule has 0 aromatic heterocycles. The molecular formula is C7H16ClNO. The summed E-state index contributed by atoms with van der Waals surface area (Å²) in [5, 5.41) is 8.74. The van der Waals surface area contributed by atoms with Crippen LogP contribution in [-0.2, 0) is 0 Å². The Bertz CT molecular complexity index is 79.7. The summed E-state index contributed by atoms with van der Waals surface area (Å²) in [6, 6.07) is 0. The van der Waals surface area contributed by atoms with Gasteiger partial charge in [-0.15, -0.1) is 12.4 Å². The molecule has 3 heteroatoms. The van der Waals surface area contributed by atoms with Crippen LogP contribution >= 0.6 is 12.4 Å². The lowest BCUT2D eigenvalue weighted by atomic mass is 10.1. The highest BCUT2D eigenvalue weighted by Gasteiger charge is 2.22. The van der Waals surface area contributed by atoms with Crippen molar-refractivity contribution in [3.63, 3.8) is 0 Å². The van der Waals surface area contributed by atoms with Crippen LogP contribution in [0, 0.1) is 11.8 Å². The van der Waals surface area contributed by atoms with Crippen LogP contribution in [0.2, 0.25) is 0 Å². The van der Waals surface area contributed by atoms with Crippen LogP contribution in [0.3, 0.4) is 0 Å². The molecule has 0 bridgehead atoms. The van der Waals surface area contributed by atoms with Gasteiger partial charge in [-0.05, 0) is 37.6 Å². The Morgan fingerprint density at radius 2 is 1.90 bits per heavy atom. The third-order valence-electron chi connectivity index (χ3n) is 2.24. The lowest BCUT2D eigenvalue weighted by Crippen LogP contribution is -2.11. The zero-order valence-corrected chi connectivity index (χ0v) is 6.94. The van der Waals surface area contributed by atoms with Gasteiger partial charge in [-0.3, -0.25) is 0 Å². The maximum atomic E-state index is 8.74. The van der Waals surface area contributed by atoms with E-state index in [9.17, 15) is 0 Å². The summed E-state index contributed by atoms with van der Waals surface area (Å²) in [5.41, 5.74) is 5.47. The van der Waals surface area contributed by atoms with E-state index in [-0.39, 0.29) is 12.4 Å². The number of aliphatic hydroxyl groups is 1. The second kappa shape index (κ2) is 4.94. The maximum Gasteiger partial charge on any atom is 0.0459 e. The van der Waals surface area contributed by atoms with Crippen LogP contribution in [0.25, 0.3) is 0 Å². The van der Waals surface area contributed by atoms with Gasteiger partial charge in [-0.2, -0.15) is 0 Å². The summed E-state index contributed by atoms with van der Waals surface area (Å²) in [4.78, 5) is 0. The van der Waals surface area contributed by atoms with Crippen molar-refractivity contribution in [2.45, 2.75) is 19.3 Å². The van der Waals surface area contributed by atoms with Gasteiger partial charge < -0.3 is 10.8 Å². The summed E-state index contributed by atoms with van der Waals surface area (Å²) in [6.45, 7) is 1.16. The van der Waals surface area contributed by atoms with Crippen LogP contribution in [0.5, 0.6) is 0 Å². The largest absolute Gasteiger partial charge is 0.396 e. The van der Waals surface area contributed by atoms with Gasteiger partial charge in [0.15, 0.2) is 0 Å². The predicted molar refractivity (Wildman–Crippen MR) is 44.2 cm³/mol. The van der Waals surface area contributed by atoms with Crippen molar-refractivity contribution in [3.8, 4) is 0 Å². The van der Waals surface area contributed by atoms with Gasteiger partial charge in [0.2, 0.25) is 0 Å². The first kappa shape index (κ1) is 10.2. The molecule has 0 aliphatic heterocycles. The fraction of sp³-hybridized carbons (Fsp3) is 1.00. The van der Waals surface area contributed by atoms with Gasteiger partial charge in [0.05, 0.1) is 0 Å². The molecule has 0 radical (unpaired) electrons. The standard InChI is InChI=1S/C7H15NO.ClH/c8-4-6-1-2-7(3-6)5-9;/h6-7,9H,1-5,8H2;1H/t6-,7-;/m1./s1. The minimum Gasteiger partial charge on any atom is -0.396 e. The van der Waals surface area contributed by atoms with Gasteiger partial charge in [-0.1, -0.05) is 0 Å². The molecular weight excluding hydrogens is 150 g/mol. The summed E-state index contributed by atoms with van der Waals surface area (Å²) in [6.07, 6.45) is 3.55. The van der Waals surface area contributed by atoms with Gasteiger partial charge in [0.25, 0.3) is 0 Å². The average molecular weight is 166 g/mol. The summed E-state index contributed by atoms with van der Waals surface area (Å²) >= 11 is 0. The van der Waals surface area contributed by atoms with E-state index in [0.717, 1.165) is 13.0 Å². The quantitative estimate of drug-likeness (QED) is 0.635. The van der Waals surface area contributed by atoms with E-state index in [1.54, 1.807) is 0 Å². The van der Waals surface area contributed by atoms with Crippen molar-refractivity contribution in [1.82, 2.24) is 0 Å². The monoisotopic (exact) mass is 165 g/mol. The van der Waals surface area contributed by atoms with E-state index in [1.807, 2.05) is 0 Å². The molecule has 0 aromatic carbocycles. The second-order valence-corrected chi connectivity index (χ2v) is 2.96. The van der Waals surface area contributed by atoms with Crippen molar-refractivity contribution in [3.05, 3.63) is 0 Å². The first-order chi connectivity index (χ1) is 4.36. The van der Waals surface area contributed by atoms with Crippen LogP contribution in [-0.4, -0.2) is 18.3 Å². The number of aliphatic hydroxyl groups excluding tert-OH is 1. The Balaban J connectivity index is 0.000000810. The normalized spacial score (nSPS) is 31.8. The van der Waals surface area contributed by atoms with Crippen LogP contribution in [0.15, 0.2) is 0 Å². The first-order valence-electron chi connectivity index (χ1n) is 3.67. The minimum atomic E-state index is 0. The fourth-order valence-corrected chi connectivity index (χ4v) is 1.56. The highest BCUT2D eigenvalue weighted by Crippen LogP contribution is 2.29. The van der Waals surface area contributed by atoms with E-state index in [1.165, 1.54) is 12.8 Å². The molecule has 1 fully saturated rings. The van der Waals surface area contributed by atoms with Gasteiger partial charge in [0.1, 0.15) is 0 Å². The van der Waals surface area contributed by atoms with Crippen LogP contribution < -0.4 is 5.73 Å². The van der Waals surface area contributed by atoms with Crippen molar-refractivity contribution < 1.29 is 5.11 Å². The molecule has 2 atom stereocenters. The van der Waals surface area contributed by atoms with Gasteiger partial charge >= 0.3 is 0 Å². The molecule has 1 saturated carbocycles. The van der Waals surface area contributed by atoms with E-state index in [0.29, 0.717) is 18.4 Å². The van der Waals surface area contributed by atoms with Gasteiger partial charge in [0, 0.05) is 6.61 Å². The van der Waals surface area contributed by atoms with Gasteiger partial charge in [-0.25, -0.2) is 0 Å². The molecule has 0 heterocycles. The molecule has 0 aromatic rings. The lowest BCUT2D eigenvalue weighted by molar-refractivity contribution is 0.226. The molecule has 1 aliphatic rings. The smallest absolute Gasteiger partial charge is 0.0459 e. The fourth-order valence-electron chi connectivity index (χ4n) is 1.56. The van der Waals surface area contributed by atoms with E-state index in [4.69, 9.17) is 10.8 Å². The Labute approximate surface area is 68.2 Å². The Kier molecular flexibility index (Phi) is 5.04. The Hall–Kier alpha value is 0.210. The number of hydrogen-bond acceptors (Lipinski definition) is 2. The average Bonchev–Trinajstić information content (AvgIpc) is 2.34. The minimum absolute atomic E-state index is 0. The molecule has 3 N–H and O–H groups in total. The topological polar surface area (TPSA) is 46.2 Å². The Morgan fingerprint density at radius 1 is 1.30 bits per heavy atom. The lowest BCUT2D eigenvalue weighted by Gasteiger charge is -2.04. The summed E-state index contributed by atoms with van der Waals surface area (Å²) in [5.74, 6) is 1.25. The molecule has 2 nitrogen and oxygen atoms in total. The molecule has 0 spiro atoms. The third-order valence-corrected chi connectivity index (χ3v) is 2.24. The molecule has 62 valence electrons. The zero-order chi connectivity index (χ0) is 6.69. The highest BCUT2D eigenvalue weighted by atomic mass is 35.5. The molecule has 1 aliphatic carbocycles. The summed E-state index contributed by atoms with van der Waals surface area (Å²) < 4.78 is 0. The SMILES string of the molecule is Cl.NC[C@@H]1CC[C@@H](CO)C1. The molecule has 0 saturated heterocycles. The number of hydrogen-bond donors (Lipinski definition) is 2. The first-order valence-corrected chi connectivity index (χ1v) is 3.67. The molecule has 0 amide bonds. The molecule has 0 unspecified atom stereocenters. The van der Waals surface area contributed by atoms with Crippen LogP contribution in [0.1, 0.15) is 19.3 Å². The number of rotatable bonds is 2.